The van der Waals surface area contributed by atoms with Crippen LogP contribution in [0, 0.1) is 34.5 Å². The summed E-state index contributed by atoms with van der Waals surface area (Å²) in [6.07, 6.45) is 13.2. The Balaban J connectivity index is 1.67. The van der Waals surface area contributed by atoms with Gasteiger partial charge in [0.1, 0.15) is 0 Å². The van der Waals surface area contributed by atoms with E-state index in [0.29, 0.717) is 22.8 Å². The zero-order valence-corrected chi connectivity index (χ0v) is 13.6. The third-order valence-electron chi connectivity index (χ3n) is 8.24. The Morgan fingerprint density at radius 1 is 1.05 bits per heavy atom. The fraction of sp³-hybridized carbons (Fsp3) is 0.895. The van der Waals surface area contributed by atoms with Gasteiger partial charge in [0, 0.05) is 6.04 Å². The van der Waals surface area contributed by atoms with E-state index in [2.05, 4.69) is 26.0 Å². The van der Waals surface area contributed by atoms with E-state index in [1.165, 1.54) is 38.5 Å². The van der Waals surface area contributed by atoms with Gasteiger partial charge < -0.3 is 10.8 Å². The van der Waals surface area contributed by atoms with Gasteiger partial charge in [0.15, 0.2) is 0 Å². The molecule has 0 aromatic rings. The number of aliphatic hydroxyl groups excluding tert-OH is 1. The maximum absolute atomic E-state index is 9.98. The van der Waals surface area contributed by atoms with E-state index in [1.54, 1.807) is 0 Å². The third kappa shape index (κ3) is 1.84. The minimum atomic E-state index is -0.201. The minimum Gasteiger partial charge on any atom is -0.389 e. The summed E-state index contributed by atoms with van der Waals surface area (Å²) in [4.78, 5) is 0. The summed E-state index contributed by atoms with van der Waals surface area (Å²) in [7, 11) is 0. The van der Waals surface area contributed by atoms with E-state index in [9.17, 15) is 5.11 Å². The lowest BCUT2D eigenvalue weighted by atomic mass is 9.46. The van der Waals surface area contributed by atoms with Crippen molar-refractivity contribution in [2.24, 2.45) is 40.2 Å². The molecule has 3 fully saturated rings. The maximum atomic E-state index is 9.98. The Labute approximate surface area is 129 Å². The Morgan fingerprint density at radius 3 is 2.67 bits per heavy atom. The van der Waals surface area contributed by atoms with Gasteiger partial charge in [-0.25, -0.2) is 0 Å². The van der Waals surface area contributed by atoms with Crippen LogP contribution in [-0.2, 0) is 0 Å². The average molecular weight is 289 g/mol. The first kappa shape index (κ1) is 14.3. The summed E-state index contributed by atoms with van der Waals surface area (Å²) in [6, 6.07) is 0.428. The molecule has 118 valence electrons. The van der Waals surface area contributed by atoms with Crippen molar-refractivity contribution in [1.82, 2.24) is 0 Å². The number of hydrogen-bond acceptors (Lipinski definition) is 2. The van der Waals surface area contributed by atoms with E-state index in [-0.39, 0.29) is 6.10 Å². The van der Waals surface area contributed by atoms with Gasteiger partial charge in [-0.15, -0.1) is 0 Å². The molecule has 8 atom stereocenters. The molecule has 0 saturated heterocycles. The summed E-state index contributed by atoms with van der Waals surface area (Å²) in [5, 5.41) is 9.98. The first-order chi connectivity index (χ1) is 9.95. The number of hydrogen-bond donors (Lipinski definition) is 2. The van der Waals surface area contributed by atoms with Crippen molar-refractivity contribution >= 4 is 0 Å². The highest BCUT2D eigenvalue weighted by molar-refractivity contribution is 5.17. The lowest BCUT2D eigenvalue weighted by Crippen LogP contribution is -2.54. The summed E-state index contributed by atoms with van der Waals surface area (Å²) in [5.74, 6) is 3.24. The van der Waals surface area contributed by atoms with Gasteiger partial charge in [-0.2, -0.15) is 0 Å². The molecule has 0 bridgehead atoms. The number of fused-ring (bicyclic) bond motifs is 5. The summed E-state index contributed by atoms with van der Waals surface area (Å²) in [5.41, 5.74) is 7.22. The maximum Gasteiger partial charge on any atom is 0.0724 e. The van der Waals surface area contributed by atoms with Crippen molar-refractivity contribution < 1.29 is 5.11 Å². The Bertz CT molecular complexity index is 460. The highest BCUT2D eigenvalue weighted by atomic mass is 16.3. The van der Waals surface area contributed by atoms with Gasteiger partial charge in [0.2, 0.25) is 0 Å². The Hall–Kier alpha value is -0.340. The van der Waals surface area contributed by atoms with Crippen molar-refractivity contribution in [3.05, 3.63) is 12.2 Å². The van der Waals surface area contributed by atoms with Gasteiger partial charge in [-0.1, -0.05) is 26.0 Å². The molecule has 3 N–H and O–H groups in total. The lowest BCUT2D eigenvalue weighted by molar-refractivity contribution is -0.0789. The molecular formula is C19H31NO. The van der Waals surface area contributed by atoms with Crippen LogP contribution in [0.25, 0.3) is 0 Å². The van der Waals surface area contributed by atoms with Gasteiger partial charge in [0.25, 0.3) is 0 Å². The van der Waals surface area contributed by atoms with Crippen LogP contribution in [0.2, 0.25) is 0 Å². The van der Waals surface area contributed by atoms with Crippen molar-refractivity contribution in [3.63, 3.8) is 0 Å². The molecule has 4 aliphatic carbocycles. The highest BCUT2D eigenvalue weighted by Crippen LogP contribution is 2.64. The largest absolute Gasteiger partial charge is 0.389 e. The lowest BCUT2D eigenvalue weighted by Gasteiger charge is -2.59. The van der Waals surface area contributed by atoms with Crippen LogP contribution >= 0.6 is 0 Å². The SMILES string of the molecule is C[C@]12C=C[C@H](O)C[C@H]1CC[C@@H]1[C@@H]2CC[C@]2(C)[C@@H](N)CC[C@@H]12. The van der Waals surface area contributed by atoms with Crippen LogP contribution < -0.4 is 5.73 Å². The molecule has 2 heteroatoms. The molecular weight excluding hydrogens is 258 g/mol. The Morgan fingerprint density at radius 2 is 1.86 bits per heavy atom. The minimum absolute atomic E-state index is 0.201. The molecule has 0 heterocycles. The second kappa shape index (κ2) is 4.58. The number of rotatable bonds is 0. The van der Waals surface area contributed by atoms with Crippen LogP contribution in [-0.4, -0.2) is 17.3 Å². The number of aliphatic hydroxyl groups is 1. The van der Waals surface area contributed by atoms with Crippen molar-refractivity contribution in [3.8, 4) is 0 Å². The van der Waals surface area contributed by atoms with Gasteiger partial charge >= 0.3 is 0 Å². The molecule has 2 nitrogen and oxygen atoms in total. The topological polar surface area (TPSA) is 46.2 Å². The van der Waals surface area contributed by atoms with Crippen LogP contribution in [0.4, 0.5) is 0 Å². The number of nitrogens with two attached hydrogens (primary N) is 1. The van der Waals surface area contributed by atoms with Gasteiger partial charge in [-0.05, 0) is 79.4 Å². The fourth-order valence-electron chi connectivity index (χ4n) is 6.83. The molecule has 0 unspecified atom stereocenters. The van der Waals surface area contributed by atoms with E-state index < -0.39 is 0 Å². The van der Waals surface area contributed by atoms with Crippen molar-refractivity contribution in [1.29, 1.82) is 0 Å². The molecule has 0 aliphatic heterocycles. The third-order valence-corrected chi connectivity index (χ3v) is 8.24. The average Bonchev–Trinajstić information content (AvgIpc) is 2.76. The Kier molecular flexibility index (Phi) is 3.11. The molecule has 0 amide bonds. The smallest absolute Gasteiger partial charge is 0.0724 e. The molecule has 0 spiro atoms. The first-order valence-electron chi connectivity index (χ1n) is 9.08. The second-order valence-corrected chi connectivity index (χ2v) is 8.91. The fourth-order valence-corrected chi connectivity index (χ4v) is 6.83. The van der Waals surface area contributed by atoms with E-state index in [0.717, 1.165) is 24.2 Å². The van der Waals surface area contributed by atoms with Crippen LogP contribution in [0.15, 0.2) is 12.2 Å². The molecule has 21 heavy (non-hydrogen) atoms. The molecule has 3 saturated carbocycles. The molecule has 0 radical (unpaired) electrons. The monoisotopic (exact) mass is 289 g/mol. The van der Waals surface area contributed by atoms with E-state index >= 15 is 0 Å². The second-order valence-electron chi connectivity index (χ2n) is 8.91. The first-order valence-corrected chi connectivity index (χ1v) is 9.08. The normalized spacial score (nSPS) is 59.2. The molecule has 4 rings (SSSR count). The van der Waals surface area contributed by atoms with Crippen molar-refractivity contribution in [2.75, 3.05) is 0 Å². The van der Waals surface area contributed by atoms with Crippen LogP contribution in [0.1, 0.15) is 58.8 Å². The predicted octanol–water partition coefficient (Wildman–Crippen LogP) is 3.49. The number of allylic oxidation sites excluding steroid dienone is 1. The van der Waals surface area contributed by atoms with Gasteiger partial charge in [-0.3, -0.25) is 0 Å². The zero-order valence-electron chi connectivity index (χ0n) is 13.6. The van der Waals surface area contributed by atoms with Gasteiger partial charge in [0.05, 0.1) is 6.10 Å². The summed E-state index contributed by atoms with van der Waals surface area (Å²) in [6.45, 7) is 4.95. The molecule has 0 aromatic heterocycles. The van der Waals surface area contributed by atoms with Crippen molar-refractivity contribution in [2.45, 2.75) is 70.9 Å². The molecule has 0 aromatic carbocycles. The van der Waals surface area contributed by atoms with Crippen LogP contribution in [0.3, 0.4) is 0 Å². The summed E-state index contributed by atoms with van der Waals surface area (Å²) >= 11 is 0. The highest BCUT2D eigenvalue weighted by Gasteiger charge is 2.58. The van der Waals surface area contributed by atoms with Crippen LogP contribution in [0.5, 0.6) is 0 Å². The zero-order chi connectivity index (χ0) is 14.8. The van der Waals surface area contributed by atoms with E-state index in [4.69, 9.17) is 5.73 Å². The molecule has 4 aliphatic rings. The quantitative estimate of drug-likeness (QED) is 0.671. The predicted molar refractivity (Wildman–Crippen MR) is 85.6 cm³/mol. The standard InChI is InChI=1S/C19H31NO/c1-18-9-7-13(21)11-12(18)3-4-14-15-5-6-17(20)19(15,2)10-8-16(14)18/h7,9,12-17,21H,3-6,8,10-11,20H2,1-2H3/t12-,13+,14+,15+,16+,17+,18+,19+/m1/s1. The summed E-state index contributed by atoms with van der Waals surface area (Å²) < 4.78 is 0. The van der Waals surface area contributed by atoms with E-state index in [1.807, 2.05) is 0 Å².